The molecule has 2 aliphatic rings. The number of anilines is 1. The Morgan fingerprint density at radius 3 is 2.77 bits per heavy atom. The van der Waals surface area contributed by atoms with Gasteiger partial charge in [-0.05, 0) is 36.8 Å². The summed E-state index contributed by atoms with van der Waals surface area (Å²) in [6.07, 6.45) is -1.01. The molecule has 1 N–H and O–H groups in total. The Labute approximate surface area is 178 Å². The van der Waals surface area contributed by atoms with E-state index >= 15 is 0 Å². The van der Waals surface area contributed by atoms with Gasteiger partial charge >= 0.3 is 5.97 Å². The predicted octanol–water partition coefficient (Wildman–Crippen LogP) is 1.78. The van der Waals surface area contributed by atoms with Crippen molar-refractivity contribution in [3.8, 4) is 17.2 Å². The zero-order chi connectivity index (χ0) is 21.8. The number of amides is 2. The molecule has 2 amide bonds. The molecule has 0 spiro atoms. The molecule has 2 heterocycles. The highest BCUT2D eigenvalue weighted by atomic mass is 16.7. The first-order chi connectivity index (χ1) is 15.0. The van der Waals surface area contributed by atoms with Crippen LogP contribution in [0.4, 0.5) is 5.69 Å². The van der Waals surface area contributed by atoms with Crippen LogP contribution in [-0.2, 0) is 25.7 Å². The molecule has 31 heavy (non-hydrogen) atoms. The van der Waals surface area contributed by atoms with Gasteiger partial charge in [0.15, 0.2) is 24.2 Å². The van der Waals surface area contributed by atoms with Crippen LogP contribution >= 0.6 is 0 Å². The van der Waals surface area contributed by atoms with Crippen LogP contribution in [0.15, 0.2) is 42.5 Å². The van der Waals surface area contributed by atoms with Crippen molar-refractivity contribution in [2.45, 2.75) is 26.0 Å². The van der Waals surface area contributed by atoms with Gasteiger partial charge in [0.2, 0.25) is 6.79 Å². The molecule has 0 saturated heterocycles. The lowest BCUT2D eigenvalue weighted by atomic mass is 10.2. The normalized spacial score (nSPS) is 15.0. The molecule has 9 heteroatoms. The second kappa shape index (κ2) is 8.95. The molecule has 0 radical (unpaired) electrons. The summed E-state index contributed by atoms with van der Waals surface area (Å²) in [5.74, 6) is 0.665. The summed E-state index contributed by atoms with van der Waals surface area (Å²) < 4.78 is 21.2. The van der Waals surface area contributed by atoms with Crippen molar-refractivity contribution in [1.29, 1.82) is 0 Å². The fourth-order valence-electron chi connectivity index (χ4n) is 3.30. The third-order valence-corrected chi connectivity index (χ3v) is 4.93. The molecule has 162 valence electrons. The van der Waals surface area contributed by atoms with E-state index in [2.05, 4.69) is 5.32 Å². The number of nitrogens with zero attached hydrogens (tertiary/aromatic N) is 1. The van der Waals surface area contributed by atoms with Crippen LogP contribution in [-0.4, -0.2) is 43.8 Å². The summed E-state index contributed by atoms with van der Waals surface area (Å²) in [5, 5.41) is 2.73. The van der Waals surface area contributed by atoms with Gasteiger partial charge in [0.1, 0.15) is 5.75 Å². The molecule has 0 aliphatic carbocycles. The van der Waals surface area contributed by atoms with Crippen LogP contribution in [0.5, 0.6) is 17.2 Å². The highest BCUT2D eigenvalue weighted by Crippen LogP contribution is 2.33. The monoisotopic (exact) mass is 426 g/mol. The van der Waals surface area contributed by atoms with Crippen molar-refractivity contribution < 1.29 is 33.3 Å². The van der Waals surface area contributed by atoms with Gasteiger partial charge in [-0.1, -0.05) is 18.2 Å². The van der Waals surface area contributed by atoms with E-state index in [9.17, 15) is 14.4 Å². The second-order valence-electron chi connectivity index (χ2n) is 7.09. The number of nitrogens with one attached hydrogen (secondary N) is 1. The fourth-order valence-corrected chi connectivity index (χ4v) is 3.30. The van der Waals surface area contributed by atoms with Crippen LogP contribution in [0.1, 0.15) is 18.9 Å². The van der Waals surface area contributed by atoms with E-state index < -0.39 is 18.0 Å². The van der Waals surface area contributed by atoms with E-state index in [1.807, 2.05) is 12.1 Å². The van der Waals surface area contributed by atoms with Gasteiger partial charge in [-0.3, -0.25) is 14.4 Å². The highest BCUT2D eigenvalue weighted by molar-refractivity contribution is 5.98. The number of para-hydroxylation sites is 2. The lowest BCUT2D eigenvalue weighted by Crippen LogP contribution is -2.41. The lowest BCUT2D eigenvalue weighted by molar-refractivity contribution is -0.154. The third-order valence-electron chi connectivity index (χ3n) is 4.93. The summed E-state index contributed by atoms with van der Waals surface area (Å²) in [7, 11) is 0. The summed E-state index contributed by atoms with van der Waals surface area (Å²) >= 11 is 0. The van der Waals surface area contributed by atoms with Crippen LogP contribution in [0.3, 0.4) is 0 Å². The zero-order valence-corrected chi connectivity index (χ0v) is 17.0. The number of fused-ring (bicyclic) bond motifs is 2. The molecule has 0 bridgehead atoms. The van der Waals surface area contributed by atoms with E-state index in [0.29, 0.717) is 22.9 Å². The number of ether oxygens (including phenoxy) is 4. The Morgan fingerprint density at radius 2 is 1.90 bits per heavy atom. The van der Waals surface area contributed by atoms with Crippen molar-refractivity contribution in [3.05, 3.63) is 48.0 Å². The molecular formula is C22H22N2O7. The van der Waals surface area contributed by atoms with Crippen molar-refractivity contribution in [3.63, 3.8) is 0 Å². The summed E-state index contributed by atoms with van der Waals surface area (Å²) in [6.45, 7) is 2.01. The van der Waals surface area contributed by atoms with Gasteiger partial charge in [0, 0.05) is 13.1 Å². The van der Waals surface area contributed by atoms with Gasteiger partial charge in [0.25, 0.3) is 11.8 Å². The number of hydrogen-bond donors (Lipinski definition) is 1. The minimum atomic E-state index is -0.964. The van der Waals surface area contributed by atoms with Crippen LogP contribution in [0.25, 0.3) is 0 Å². The van der Waals surface area contributed by atoms with Crippen molar-refractivity contribution in [2.75, 3.05) is 24.8 Å². The maximum atomic E-state index is 12.3. The lowest BCUT2D eigenvalue weighted by Gasteiger charge is -2.29. The Bertz CT molecular complexity index is 1010. The van der Waals surface area contributed by atoms with Gasteiger partial charge in [-0.2, -0.15) is 0 Å². The zero-order valence-electron chi connectivity index (χ0n) is 17.0. The van der Waals surface area contributed by atoms with E-state index in [4.69, 9.17) is 18.9 Å². The first kappa shape index (κ1) is 20.5. The number of esters is 1. The smallest absolute Gasteiger partial charge is 0.308 e. The first-order valence-electron chi connectivity index (χ1n) is 9.89. The highest BCUT2D eigenvalue weighted by Gasteiger charge is 2.26. The number of carbonyl (C=O) groups excluding carboxylic acids is 3. The molecule has 1 atom stereocenters. The molecule has 0 fully saturated rings. The molecule has 4 rings (SSSR count). The minimum absolute atomic E-state index is 0.0418. The Morgan fingerprint density at radius 1 is 1.10 bits per heavy atom. The van der Waals surface area contributed by atoms with Crippen molar-refractivity contribution in [1.82, 2.24) is 5.32 Å². The van der Waals surface area contributed by atoms with Gasteiger partial charge < -0.3 is 29.2 Å². The Kier molecular flexibility index (Phi) is 5.92. The summed E-state index contributed by atoms with van der Waals surface area (Å²) in [5.41, 5.74) is 1.45. The molecule has 0 aromatic heterocycles. The van der Waals surface area contributed by atoms with E-state index in [-0.39, 0.29) is 38.8 Å². The molecule has 9 nitrogen and oxygen atoms in total. The number of rotatable bonds is 7. The number of carbonyl (C=O) groups is 3. The largest absolute Gasteiger partial charge is 0.482 e. The van der Waals surface area contributed by atoms with E-state index in [1.54, 1.807) is 30.3 Å². The topological polar surface area (TPSA) is 103 Å². The van der Waals surface area contributed by atoms with Gasteiger partial charge in [-0.15, -0.1) is 0 Å². The Balaban J connectivity index is 1.25. The number of benzene rings is 2. The third kappa shape index (κ3) is 4.71. The molecule has 2 aromatic rings. The van der Waals surface area contributed by atoms with Crippen LogP contribution < -0.4 is 24.4 Å². The van der Waals surface area contributed by atoms with E-state index in [0.717, 1.165) is 5.56 Å². The SMILES string of the molecule is C[C@H](OC(=O)CCN1C(=O)COc2ccccc21)C(=O)NCc1ccc2c(c1)OCO2. The van der Waals surface area contributed by atoms with E-state index in [1.165, 1.54) is 11.8 Å². The summed E-state index contributed by atoms with van der Waals surface area (Å²) in [4.78, 5) is 38.2. The molecule has 2 aromatic carbocycles. The fraction of sp³-hybridized carbons (Fsp3) is 0.318. The average Bonchev–Trinajstić information content (AvgIpc) is 3.24. The maximum Gasteiger partial charge on any atom is 0.308 e. The van der Waals surface area contributed by atoms with Crippen molar-refractivity contribution >= 4 is 23.5 Å². The summed E-state index contributed by atoms with van der Waals surface area (Å²) in [6, 6.07) is 12.5. The molecule has 2 aliphatic heterocycles. The predicted molar refractivity (Wildman–Crippen MR) is 109 cm³/mol. The standard InChI is InChI=1S/C22H22N2O7/c1-14(22(27)23-11-15-6-7-18-19(10-15)30-13-29-18)31-21(26)8-9-24-16-4-2-3-5-17(16)28-12-20(24)25/h2-7,10,14H,8-9,11-13H2,1H3,(H,23,27)/t14-/m0/s1. The number of hydrogen-bond acceptors (Lipinski definition) is 7. The quantitative estimate of drug-likeness (QED) is 0.673. The Hall–Kier alpha value is -3.75. The van der Waals surface area contributed by atoms with Crippen molar-refractivity contribution in [2.24, 2.45) is 0 Å². The van der Waals surface area contributed by atoms with Gasteiger partial charge in [-0.25, -0.2) is 0 Å². The first-order valence-corrected chi connectivity index (χ1v) is 9.89. The van der Waals surface area contributed by atoms with Crippen LogP contribution in [0, 0.1) is 0 Å². The maximum absolute atomic E-state index is 12.3. The molecular weight excluding hydrogens is 404 g/mol. The minimum Gasteiger partial charge on any atom is -0.482 e. The second-order valence-corrected chi connectivity index (χ2v) is 7.09. The van der Waals surface area contributed by atoms with Crippen LogP contribution in [0.2, 0.25) is 0 Å². The average molecular weight is 426 g/mol. The van der Waals surface area contributed by atoms with Gasteiger partial charge in [0.05, 0.1) is 12.1 Å². The molecule has 0 saturated carbocycles. The molecule has 0 unspecified atom stereocenters.